The van der Waals surface area contributed by atoms with E-state index in [9.17, 15) is 4.79 Å². The first-order valence-electron chi connectivity index (χ1n) is 8.86. The first kappa shape index (κ1) is 17.5. The zero-order chi connectivity index (χ0) is 16.1. The molecule has 3 atom stereocenters. The molecular formula is C17H33N3O2. The molecule has 2 amide bonds. The number of piperidine rings is 2. The van der Waals surface area contributed by atoms with Crippen molar-refractivity contribution >= 4 is 6.03 Å². The van der Waals surface area contributed by atoms with E-state index < -0.39 is 0 Å². The molecule has 0 aromatic carbocycles. The van der Waals surface area contributed by atoms with Gasteiger partial charge in [-0.15, -0.1) is 0 Å². The van der Waals surface area contributed by atoms with Gasteiger partial charge in [-0.3, -0.25) is 0 Å². The molecular weight excluding hydrogens is 278 g/mol. The van der Waals surface area contributed by atoms with Gasteiger partial charge in [0.05, 0.1) is 0 Å². The molecule has 22 heavy (non-hydrogen) atoms. The summed E-state index contributed by atoms with van der Waals surface area (Å²) in [6.07, 6.45) is 3.15. The van der Waals surface area contributed by atoms with Gasteiger partial charge in [0, 0.05) is 45.4 Å². The third-order valence-electron chi connectivity index (χ3n) is 5.01. The number of hydrogen-bond acceptors (Lipinski definition) is 3. The van der Waals surface area contributed by atoms with Crippen molar-refractivity contribution in [1.82, 2.24) is 15.1 Å². The molecule has 2 fully saturated rings. The van der Waals surface area contributed by atoms with E-state index in [0.29, 0.717) is 5.92 Å². The van der Waals surface area contributed by atoms with Gasteiger partial charge in [-0.2, -0.15) is 0 Å². The van der Waals surface area contributed by atoms with E-state index >= 15 is 0 Å². The maximum absolute atomic E-state index is 12.3. The van der Waals surface area contributed by atoms with Crippen molar-refractivity contribution in [2.75, 3.05) is 39.3 Å². The summed E-state index contributed by atoms with van der Waals surface area (Å²) in [6, 6.07) is 0.238. The summed E-state index contributed by atoms with van der Waals surface area (Å²) in [7, 11) is 0. The van der Waals surface area contributed by atoms with Crippen LogP contribution in [0.2, 0.25) is 0 Å². The van der Waals surface area contributed by atoms with Crippen LogP contribution in [0, 0.1) is 17.8 Å². The maximum atomic E-state index is 12.3. The van der Waals surface area contributed by atoms with E-state index in [0.717, 1.165) is 57.4 Å². The van der Waals surface area contributed by atoms with Crippen molar-refractivity contribution in [3.05, 3.63) is 0 Å². The Morgan fingerprint density at radius 2 is 1.82 bits per heavy atom. The lowest BCUT2D eigenvalue weighted by Crippen LogP contribution is -2.51. The molecule has 0 aromatic rings. The van der Waals surface area contributed by atoms with E-state index in [-0.39, 0.29) is 18.7 Å². The Morgan fingerprint density at radius 1 is 1.23 bits per heavy atom. The van der Waals surface area contributed by atoms with Crippen LogP contribution in [0.25, 0.3) is 0 Å². The van der Waals surface area contributed by atoms with Crippen LogP contribution in [-0.4, -0.2) is 66.3 Å². The molecule has 2 aliphatic heterocycles. The summed E-state index contributed by atoms with van der Waals surface area (Å²) in [5.74, 6) is 1.88. The van der Waals surface area contributed by atoms with E-state index in [2.05, 4.69) is 31.0 Å². The number of carbonyl (C=O) groups is 1. The maximum Gasteiger partial charge on any atom is 0.317 e. The number of aliphatic hydroxyl groups excluding tert-OH is 1. The van der Waals surface area contributed by atoms with Crippen LogP contribution < -0.4 is 5.32 Å². The van der Waals surface area contributed by atoms with E-state index in [1.807, 2.05) is 4.90 Å². The van der Waals surface area contributed by atoms with Gasteiger partial charge in [0.25, 0.3) is 0 Å². The van der Waals surface area contributed by atoms with Gasteiger partial charge >= 0.3 is 6.03 Å². The van der Waals surface area contributed by atoms with E-state index in [1.165, 1.54) is 6.42 Å². The standard InChI is InChI=1S/C17H33N3O2/c1-13-8-14(2)10-19(9-13)11-15(3)18-17(22)20-6-4-16(12-21)5-7-20/h13-16,21H,4-12H2,1-3H3,(H,18,22). The predicted molar refractivity (Wildman–Crippen MR) is 88.8 cm³/mol. The molecule has 0 bridgehead atoms. The molecule has 0 saturated carbocycles. The highest BCUT2D eigenvalue weighted by Crippen LogP contribution is 2.21. The lowest BCUT2D eigenvalue weighted by atomic mass is 9.92. The fourth-order valence-electron chi connectivity index (χ4n) is 3.99. The summed E-state index contributed by atoms with van der Waals surface area (Å²) in [5, 5.41) is 12.3. The number of aliphatic hydroxyl groups is 1. The largest absolute Gasteiger partial charge is 0.396 e. The smallest absolute Gasteiger partial charge is 0.317 e. The van der Waals surface area contributed by atoms with Gasteiger partial charge in [-0.25, -0.2) is 4.79 Å². The van der Waals surface area contributed by atoms with Gasteiger partial charge in [0.2, 0.25) is 0 Å². The number of hydrogen-bond donors (Lipinski definition) is 2. The fraction of sp³-hybridized carbons (Fsp3) is 0.941. The number of amides is 2. The van der Waals surface area contributed by atoms with Crippen molar-refractivity contribution in [1.29, 1.82) is 0 Å². The number of likely N-dealkylation sites (tertiary alicyclic amines) is 2. The Kier molecular flexibility index (Phi) is 6.50. The zero-order valence-corrected chi connectivity index (χ0v) is 14.4. The highest BCUT2D eigenvalue weighted by molar-refractivity contribution is 5.74. The third-order valence-corrected chi connectivity index (χ3v) is 5.01. The van der Waals surface area contributed by atoms with Gasteiger partial charge in [-0.05, 0) is 43.9 Å². The van der Waals surface area contributed by atoms with Crippen LogP contribution in [0.1, 0.15) is 40.0 Å². The SMILES string of the molecule is CC1CC(C)CN(CC(C)NC(=O)N2CCC(CO)CC2)C1. The normalized spacial score (nSPS) is 29.4. The van der Waals surface area contributed by atoms with Gasteiger partial charge in [-0.1, -0.05) is 13.8 Å². The van der Waals surface area contributed by atoms with Crippen molar-refractivity contribution < 1.29 is 9.90 Å². The second-order valence-corrected chi connectivity index (χ2v) is 7.63. The highest BCUT2D eigenvalue weighted by Gasteiger charge is 2.25. The van der Waals surface area contributed by atoms with Crippen molar-refractivity contribution in [3.8, 4) is 0 Å². The Labute approximate surface area is 135 Å². The number of rotatable bonds is 4. The molecule has 128 valence electrons. The molecule has 3 unspecified atom stereocenters. The van der Waals surface area contributed by atoms with E-state index in [4.69, 9.17) is 5.11 Å². The van der Waals surface area contributed by atoms with Crippen LogP contribution in [0.3, 0.4) is 0 Å². The minimum Gasteiger partial charge on any atom is -0.396 e. The number of urea groups is 1. The van der Waals surface area contributed by atoms with Crippen molar-refractivity contribution in [2.24, 2.45) is 17.8 Å². The van der Waals surface area contributed by atoms with Crippen LogP contribution >= 0.6 is 0 Å². The molecule has 2 saturated heterocycles. The predicted octanol–water partition coefficient (Wildman–Crippen LogP) is 1.77. The number of nitrogens with one attached hydrogen (secondary N) is 1. The fourth-order valence-corrected chi connectivity index (χ4v) is 3.99. The van der Waals surface area contributed by atoms with Gasteiger partial charge < -0.3 is 20.2 Å². The quantitative estimate of drug-likeness (QED) is 0.832. The summed E-state index contributed by atoms with van der Waals surface area (Å²) >= 11 is 0. The Balaban J connectivity index is 1.72. The average molecular weight is 311 g/mol. The number of carbonyl (C=O) groups excluding carboxylic acids is 1. The average Bonchev–Trinajstić information content (AvgIpc) is 2.46. The minimum absolute atomic E-state index is 0.0574. The molecule has 0 spiro atoms. The summed E-state index contributed by atoms with van der Waals surface area (Å²) in [6.45, 7) is 11.7. The van der Waals surface area contributed by atoms with Gasteiger partial charge in [0.1, 0.15) is 0 Å². The van der Waals surface area contributed by atoms with Crippen LogP contribution in [0.15, 0.2) is 0 Å². The van der Waals surface area contributed by atoms with Crippen molar-refractivity contribution in [2.45, 2.75) is 46.1 Å². The minimum atomic E-state index is 0.0574. The highest BCUT2D eigenvalue weighted by atomic mass is 16.3. The molecule has 5 nitrogen and oxygen atoms in total. The lowest BCUT2D eigenvalue weighted by molar-refractivity contribution is 0.121. The second kappa shape index (κ2) is 8.16. The first-order valence-corrected chi connectivity index (χ1v) is 8.86. The van der Waals surface area contributed by atoms with Crippen LogP contribution in [0.5, 0.6) is 0 Å². The van der Waals surface area contributed by atoms with Gasteiger partial charge in [0.15, 0.2) is 0 Å². The molecule has 2 aliphatic rings. The molecule has 0 radical (unpaired) electrons. The summed E-state index contributed by atoms with van der Waals surface area (Å²) < 4.78 is 0. The molecule has 0 aliphatic carbocycles. The molecule has 2 N–H and O–H groups in total. The zero-order valence-electron chi connectivity index (χ0n) is 14.4. The summed E-state index contributed by atoms with van der Waals surface area (Å²) in [5.41, 5.74) is 0. The lowest BCUT2D eigenvalue weighted by Gasteiger charge is -2.37. The Hall–Kier alpha value is -0.810. The topological polar surface area (TPSA) is 55.8 Å². The van der Waals surface area contributed by atoms with Crippen LogP contribution in [0.4, 0.5) is 4.79 Å². The second-order valence-electron chi connectivity index (χ2n) is 7.63. The molecule has 0 aromatic heterocycles. The molecule has 2 rings (SSSR count). The Bertz CT molecular complexity index is 346. The Morgan fingerprint density at radius 3 is 2.36 bits per heavy atom. The van der Waals surface area contributed by atoms with E-state index in [1.54, 1.807) is 0 Å². The third kappa shape index (κ3) is 5.13. The van der Waals surface area contributed by atoms with Crippen molar-refractivity contribution in [3.63, 3.8) is 0 Å². The van der Waals surface area contributed by atoms with Crippen LogP contribution in [-0.2, 0) is 0 Å². The summed E-state index contributed by atoms with van der Waals surface area (Å²) in [4.78, 5) is 16.7. The first-order chi connectivity index (χ1) is 10.5. The molecule has 5 heteroatoms. The number of nitrogens with zero attached hydrogens (tertiary/aromatic N) is 2. The monoisotopic (exact) mass is 311 g/mol. The molecule has 2 heterocycles.